The molecule has 8 unspecified atom stereocenters. The molecule has 0 aromatic rings. The standard InChI is InChI=1S/C27H48.C4H10.C2H6/c1-8-9-19(2)16-21(4)18-27(7)22(5)10-12-24-25(27)13-11-23-17-20(3)14-15-26(23,24)6;1-4(2)3;1-2/h16,20-25H,8-15,17-18H2,1-7H3;4H,1-3H3;1-2H3/b19-16+;;. The van der Waals surface area contributed by atoms with Gasteiger partial charge in [0, 0.05) is 0 Å². The molecule has 0 aromatic heterocycles. The van der Waals surface area contributed by atoms with Gasteiger partial charge in [-0.15, -0.1) is 0 Å². The van der Waals surface area contributed by atoms with Crippen molar-refractivity contribution >= 4 is 0 Å². The van der Waals surface area contributed by atoms with Crippen LogP contribution < -0.4 is 0 Å². The van der Waals surface area contributed by atoms with Gasteiger partial charge in [-0.2, -0.15) is 0 Å². The minimum absolute atomic E-state index is 0.544. The van der Waals surface area contributed by atoms with Gasteiger partial charge in [-0.1, -0.05) is 101 Å². The van der Waals surface area contributed by atoms with E-state index in [0.29, 0.717) is 10.8 Å². The Morgan fingerprint density at radius 1 is 0.909 bits per heavy atom. The smallest absolute Gasteiger partial charge is 0.0254 e. The number of fused-ring (bicyclic) bond motifs is 3. The molecule has 0 heteroatoms. The molecule has 196 valence electrons. The first-order chi connectivity index (χ1) is 15.4. The molecule has 0 spiro atoms. The van der Waals surface area contributed by atoms with E-state index in [4.69, 9.17) is 0 Å². The molecule has 0 aliphatic heterocycles. The number of allylic oxidation sites excluding steroid dienone is 2. The van der Waals surface area contributed by atoms with Crippen LogP contribution in [-0.2, 0) is 0 Å². The van der Waals surface area contributed by atoms with Crippen molar-refractivity contribution in [2.75, 3.05) is 0 Å². The van der Waals surface area contributed by atoms with Gasteiger partial charge in [0.25, 0.3) is 0 Å². The summed E-state index contributed by atoms with van der Waals surface area (Å²) in [4.78, 5) is 0. The maximum Gasteiger partial charge on any atom is -0.0254 e. The monoisotopic (exact) mass is 461 g/mol. The van der Waals surface area contributed by atoms with Crippen LogP contribution in [0.1, 0.15) is 147 Å². The lowest BCUT2D eigenvalue weighted by Gasteiger charge is -2.63. The summed E-state index contributed by atoms with van der Waals surface area (Å²) in [7, 11) is 0. The normalized spacial score (nSPS) is 39.3. The Labute approximate surface area is 211 Å². The Bertz CT molecular complexity index is 568. The van der Waals surface area contributed by atoms with Crippen LogP contribution in [0.2, 0.25) is 0 Å². The Hall–Kier alpha value is -0.260. The number of hydrogen-bond acceptors (Lipinski definition) is 0. The van der Waals surface area contributed by atoms with Crippen LogP contribution in [0.3, 0.4) is 0 Å². The van der Waals surface area contributed by atoms with E-state index < -0.39 is 0 Å². The fourth-order valence-electron chi connectivity index (χ4n) is 8.13. The van der Waals surface area contributed by atoms with Crippen molar-refractivity contribution in [1.82, 2.24) is 0 Å². The Kier molecular flexibility index (Phi) is 12.8. The van der Waals surface area contributed by atoms with E-state index in [9.17, 15) is 0 Å². The lowest BCUT2D eigenvalue weighted by Crippen LogP contribution is -2.54. The number of rotatable bonds is 5. The van der Waals surface area contributed by atoms with Crippen LogP contribution in [0, 0.1) is 52.3 Å². The average molecular weight is 461 g/mol. The third kappa shape index (κ3) is 7.87. The zero-order chi connectivity index (χ0) is 25.4. The quantitative estimate of drug-likeness (QED) is 0.358. The molecule has 33 heavy (non-hydrogen) atoms. The van der Waals surface area contributed by atoms with Crippen molar-refractivity contribution in [2.45, 2.75) is 147 Å². The fraction of sp³-hybridized carbons (Fsp3) is 0.939. The van der Waals surface area contributed by atoms with Crippen molar-refractivity contribution in [3.8, 4) is 0 Å². The van der Waals surface area contributed by atoms with Crippen molar-refractivity contribution < 1.29 is 0 Å². The lowest BCUT2D eigenvalue weighted by atomic mass is 9.42. The van der Waals surface area contributed by atoms with Gasteiger partial charge >= 0.3 is 0 Å². The summed E-state index contributed by atoms with van der Waals surface area (Å²) >= 11 is 0. The van der Waals surface area contributed by atoms with E-state index in [2.05, 4.69) is 75.3 Å². The highest BCUT2D eigenvalue weighted by Gasteiger charge is 2.57. The van der Waals surface area contributed by atoms with Crippen LogP contribution in [0.25, 0.3) is 0 Å². The number of hydrogen-bond donors (Lipinski definition) is 0. The molecule has 8 atom stereocenters. The van der Waals surface area contributed by atoms with Gasteiger partial charge in [0.2, 0.25) is 0 Å². The zero-order valence-corrected chi connectivity index (χ0v) is 25.2. The molecule has 3 aliphatic carbocycles. The summed E-state index contributed by atoms with van der Waals surface area (Å²) in [5, 5.41) is 0. The molecule has 3 aliphatic rings. The molecule has 0 aromatic carbocycles. The first-order valence-electron chi connectivity index (χ1n) is 15.1. The highest BCUT2D eigenvalue weighted by Crippen LogP contribution is 2.65. The first kappa shape index (κ1) is 30.8. The van der Waals surface area contributed by atoms with Crippen molar-refractivity contribution in [1.29, 1.82) is 0 Å². The second-order valence-electron chi connectivity index (χ2n) is 13.5. The molecule has 3 rings (SSSR count). The van der Waals surface area contributed by atoms with E-state index in [0.717, 1.165) is 41.4 Å². The molecule has 0 N–H and O–H groups in total. The van der Waals surface area contributed by atoms with Gasteiger partial charge in [0.05, 0.1) is 0 Å². The summed E-state index contributed by atoms with van der Waals surface area (Å²) in [6, 6.07) is 0. The molecule has 0 heterocycles. The molecular weight excluding hydrogens is 396 g/mol. The lowest BCUT2D eigenvalue weighted by molar-refractivity contribution is -0.132. The highest BCUT2D eigenvalue weighted by molar-refractivity contribution is 5.08. The van der Waals surface area contributed by atoms with E-state index >= 15 is 0 Å². The van der Waals surface area contributed by atoms with Gasteiger partial charge in [-0.05, 0) is 111 Å². The predicted molar refractivity (Wildman–Crippen MR) is 152 cm³/mol. The van der Waals surface area contributed by atoms with Crippen LogP contribution in [-0.4, -0.2) is 0 Å². The average Bonchev–Trinajstić information content (AvgIpc) is 2.72. The fourth-order valence-corrected chi connectivity index (χ4v) is 8.13. The molecule has 3 fully saturated rings. The summed E-state index contributed by atoms with van der Waals surface area (Å²) in [6.45, 7) is 28.2. The van der Waals surface area contributed by atoms with Gasteiger partial charge in [-0.25, -0.2) is 0 Å². The van der Waals surface area contributed by atoms with Gasteiger partial charge in [0.15, 0.2) is 0 Å². The van der Waals surface area contributed by atoms with Crippen LogP contribution in [0.4, 0.5) is 0 Å². The van der Waals surface area contributed by atoms with Crippen LogP contribution in [0.5, 0.6) is 0 Å². The second kappa shape index (κ2) is 13.7. The minimum Gasteiger partial charge on any atom is -0.0827 e. The first-order valence-corrected chi connectivity index (χ1v) is 15.1. The van der Waals surface area contributed by atoms with Gasteiger partial charge in [-0.3, -0.25) is 0 Å². The second-order valence-corrected chi connectivity index (χ2v) is 13.5. The summed E-state index contributed by atoms with van der Waals surface area (Å²) in [6.07, 6.45) is 17.1. The minimum atomic E-state index is 0.544. The molecule has 0 bridgehead atoms. The third-order valence-electron chi connectivity index (χ3n) is 9.81. The molecular formula is C33H64. The van der Waals surface area contributed by atoms with Crippen molar-refractivity contribution in [3.63, 3.8) is 0 Å². The van der Waals surface area contributed by atoms with Crippen molar-refractivity contribution in [2.24, 2.45) is 52.3 Å². The Morgan fingerprint density at radius 3 is 2.06 bits per heavy atom. The molecule has 0 amide bonds. The highest BCUT2D eigenvalue weighted by atomic mass is 14.6. The Morgan fingerprint density at radius 2 is 1.48 bits per heavy atom. The van der Waals surface area contributed by atoms with E-state index in [1.807, 2.05) is 13.8 Å². The summed E-state index contributed by atoms with van der Waals surface area (Å²) < 4.78 is 0. The maximum absolute atomic E-state index is 2.71. The van der Waals surface area contributed by atoms with Crippen LogP contribution >= 0.6 is 0 Å². The summed E-state index contributed by atoms with van der Waals surface area (Å²) in [5.74, 6) is 6.42. The SMILES string of the molecule is CC.CC(C)C.CCC/C(C)=C/C(C)CC1(C)C(C)CCC2C1CCC1CC(C)CCC12C. The Balaban J connectivity index is 0.000000820. The van der Waals surface area contributed by atoms with E-state index in [1.165, 1.54) is 64.2 Å². The molecule has 0 nitrogen and oxygen atoms in total. The molecule has 3 saturated carbocycles. The maximum atomic E-state index is 2.71. The predicted octanol–water partition coefficient (Wildman–Crippen LogP) is 11.4. The third-order valence-corrected chi connectivity index (χ3v) is 9.81. The van der Waals surface area contributed by atoms with Crippen LogP contribution in [0.15, 0.2) is 11.6 Å². The van der Waals surface area contributed by atoms with Gasteiger partial charge < -0.3 is 0 Å². The van der Waals surface area contributed by atoms with Gasteiger partial charge in [0.1, 0.15) is 0 Å². The summed E-state index contributed by atoms with van der Waals surface area (Å²) in [5.41, 5.74) is 2.81. The zero-order valence-electron chi connectivity index (χ0n) is 25.2. The largest absolute Gasteiger partial charge is 0.0827 e. The van der Waals surface area contributed by atoms with E-state index in [-0.39, 0.29) is 0 Å². The molecule has 0 radical (unpaired) electrons. The molecule has 0 saturated heterocycles. The topological polar surface area (TPSA) is 0 Å². The van der Waals surface area contributed by atoms with E-state index in [1.54, 1.807) is 5.57 Å². The van der Waals surface area contributed by atoms with Crippen molar-refractivity contribution in [3.05, 3.63) is 11.6 Å².